The molecule has 3 rings (SSSR count). The first kappa shape index (κ1) is 12.0. The van der Waals surface area contributed by atoms with Crippen molar-refractivity contribution in [3.8, 4) is 0 Å². The fraction of sp³-hybridized carbons (Fsp3) is 0.692. The van der Waals surface area contributed by atoms with Crippen molar-refractivity contribution >= 4 is 22.9 Å². The predicted molar refractivity (Wildman–Crippen MR) is 72.0 cm³/mol. The van der Waals surface area contributed by atoms with Crippen LogP contribution in [-0.2, 0) is 16.8 Å². The van der Waals surface area contributed by atoms with Crippen molar-refractivity contribution in [3.05, 3.63) is 20.8 Å². The van der Waals surface area contributed by atoms with Gasteiger partial charge in [-0.05, 0) is 44.7 Å². The van der Waals surface area contributed by atoms with Crippen molar-refractivity contribution in [2.24, 2.45) is 0 Å². The molecule has 4 heteroatoms. The Morgan fingerprint density at radius 3 is 2.82 bits per heavy atom. The van der Waals surface area contributed by atoms with Crippen LogP contribution in [0.4, 0.5) is 0 Å². The highest BCUT2D eigenvalue weighted by molar-refractivity contribution is 7.16. The van der Waals surface area contributed by atoms with Crippen LogP contribution in [0.25, 0.3) is 0 Å². The third kappa shape index (κ3) is 2.03. The van der Waals surface area contributed by atoms with E-state index >= 15 is 0 Å². The fourth-order valence-electron chi connectivity index (χ4n) is 3.37. The maximum absolute atomic E-state index is 6.20. The Bertz CT molecular complexity index is 421. The molecule has 0 amide bonds. The summed E-state index contributed by atoms with van der Waals surface area (Å²) in [6, 6.07) is 3.14. The van der Waals surface area contributed by atoms with Crippen molar-refractivity contribution in [1.29, 1.82) is 0 Å². The zero-order valence-corrected chi connectivity index (χ0v) is 11.8. The molecule has 0 aromatic carbocycles. The van der Waals surface area contributed by atoms with Gasteiger partial charge in [-0.2, -0.15) is 0 Å². The van der Waals surface area contributed by atoms with Gasteiger partial charge in [-0.1, -0.05) is 11.6 Å². The Labute approximate surface area is 111 Å². The van der Waals surface area contributed by atoms with E-state index in [1.54, 1.807) is 11.3 Å². The van der Waals surface area contributed by atoms with Gasteiger partial charge in [-0.15, -0.1) is 11.3 Å². The van der Waals surface area contributed by atoms with Gasteiger partial charge in [-0.3, -0.25) is 0 Å². The van der Waals surface area contributed by atoms with Gasteiger partial charge < -0.3 is 10.1 Å². The zero-order chi connectivity index (χ0) is 12.0. The third-order valence-corrected chi connectivity index (χ3v) is 5.28. The summed E-state index contributed by atoms with van der Waals surface area (Å²) in [5.41, 5.74) is 1.34. The standard InChI is InChI=1S/C13H18ClNOS/c1-8-6-13(7-9(2)15-8)12-10(3-4-16-13)5-11(14)17-12/h5,8-9,15H,3-4,6-7H2,1-2H3. The van der Waals surface area contributed by atoms with E-state index in [9.17, 15) is 0 Å². The second kappa shape index (κ2) is 4.23. The largest absolute Gasteiger partial charge is 0.369 e. The Hall–Kier alpha value is -0.0900. The molecule has 2 aliphatic heterocycles. The summed E-state index contributed by atoms with van der Waals surface area (Å²) in [7, 11) is 0. The van der Waals surface area contributed by atoms with Crippen LogP contribution in [0.5, 0.6) is 0 Å². The minimum atomic E-state index is -0.0739. The van der Waals surface area contributed by atoms with Crippen molar-refractivity contribution in [2.45, 2.75) is 50.8 Å². The van der Waals surface area contributed by atoms with Crippen molar-refractivity contribution in [1.82, 2.24) is 5.32 Å². The van der Waals surface area contributed by atoms with Gasteiger partial charge in [0.05, 0.1) is 10.9 Å². The van der Waals surface area contributed by atoms with E-state index < -0.39 is 0 Å². The molecule has 0 saturated carbocycles. The lowest BCUT2D eigenvalue weighted by molar-refractivity contribution is -0.0932. The lowest BCUT2D eigenvalue weighted by Gasteiger charge is -2.45. The lowest BCUT2D eigenvalue weighted by atomic mass is 9.80. The summed E-state index contributed by atoms with van der Waals surface area (Å²) in [5.74, 6) is 0. The number of hydrogen-bond acceptors (Lipinski definition) is 3. The van der Waals surface area contributed by atoms with Gasteiger partial charge >= 0.3 is 0 Å². The zero-order valence-electron chi connectivity index (χ0n) is 10.3. The normalized spacial score (nSPS) is 37.1. The summed E-state index contributed by atoms with van der Waals surface area (Å²) in [4.78, 5) is 1.38. The van der Waals surface area contributed by atoms with E-state index in [4.69, 9.17) is 16.3 Å². The van der Waals surface area contributed by atoms with Crippen LogP contribution in [-0.4, -0.2) is 18.7 Å². The summed E-state index contributed by atoms with van der Waals surface area (Å²) in [6.45, 7) is 5.31. The van der Waals surface area contributed by atoms with E-state index in [2.05, 4.69) is 25.2 Å². The molecule has 1 spiro atoms. The van der Waals surface area contributed by atoms with E-state index in [0.717, 1.165) is 30.2 Å². The summed E-state index contributed by atoms with van der Waals surface area (Å²) in [5, 5.41) is 3.58. The van der Waals surface area contributed by atoms with E-state index in [0.29, 0.717) is 12.1 Å². The van der Waals surface area contributed by atoms with Crippen molar-refractivity contribution in [3.63, 3.8) is 0 Å². The molecule has 2 unspecified atom stereocenters. The van der Waals surface area contributed by atoms with Crippen molar-refractivity contribution in [2.75, 3.05) is 6.61 Å². The lowest BCUT2D eigenvalue weighted by Crippen LogP contribution is -2.52. The first-order valence-corrected chi connectivity index (χ1v) is 7.47. The molecule has 2 aliphatic rings. The molecule has 17 heavy (non-hydrogen) atoms. The van der Waals surface area contributed by atoms with Crippen LogP contribution in [0.2, 0.25) is 4.34 Å². The molecule has 2 nitrogen and oxygen atoms in total. The van der Waals surface area contributed by atoms with Gasteiger partial charge in [0.15, 0.2) is 0 Å². The molecule has 1 N–H and O–H groups in total. The topological polar surface area (TPSA) is 21.3 Å². The fourth-order valence-corrected chi connectivity index (χ4v) is 4.83. The van der Waals surface area contributed by atoms with E-state index in [1.165, 1.54) is 10.4 Å². The molecular weight excluding hydrogens is 254 g/mol. The van der Waals surface area contributed by atoms with Gasteiger partial charge in [0.1, 0.15) is 5.60 Å². The SMILES string of the molecule is CC1CC2(CC(C)N1)OCCc1cc(Cl)sc12. The number of thiophene rings is 1. The Balaban J connectivity index is 2.02. The Morgan fingerprint density at radius 2 is 2.12 bits per heavy atom. The van der Waals surface area contributed by atoms with E-state index in [-0.39, 0.29) is 5.60 Å². The number of halogens is 1. The molecule has 0 bridgehead atoms. The number of rotatable bonds is 0. The van der Waals surface area contributed by atoms with Crippen LogP contribution in [0.1, 0.15) is 37.1 Å². The molecule has 0 aliphatic carbocycles. The molecule has 1 saturated heterocycles. The number of ether oxygens (including phenoxy) is 1. The smallest absolute Gasteiger partial charge is 0.105 e. The van der Waals surface area contributed by atoms with Gasteiger partial charge in [-0.25, -0.2) is 0 Å². The predicted octanol–water partition coefficient (Wildman–Crippen LogP) is 3.33. The van der Waals surface area contributed by atoms with Crippen LogP contribution in [0, 0.1) is 0 Å². The van der Waals surface area contributed by atoms with E-state index in [1.807, 2.05) is 0 Å². The molecular formula is C13H18ClNOS. The maximum Gasteiger partial charge on any atom is 0.105 e. The molecule has 1 aromatic rings. The molecule has 2 atom stereocenters. The van der Waals surface area contributed by atoms with Crippen LogP contribution in [0.3, 0.4) is 0 Å². The first-order valence-electron chi connectivity index (χ1n) is 6.28. The molecule has 94 valence electrons. The van der Waals surface area contributed by atoms with Crippen LogP contribution >= 0.6 is 22.9 Å². The monoisotopic (exact) mass is 271 g/mol. The van der Waals surface area contributed by atoms with Gasteiger partial charge in [0.2, 0.25) is 0 Å². The van der Waals surface area contributed by atoms with Crippen LogP contribution < -0.4 is 5.32 Å². The number of hydrogen-bond donors (Lipinski definition) is 1. The number of nitrogens with one attached hydrogen (secondary N) is 1. The second-order valence-electron chi connectivity index (χ2n) is 5.37. The molecule has 3 heterocycles. The molecule has 1 aromatic heterocycles. The Kier molecular flexibility index (Phi) is 2.98. The average molecular weight is 272 g/mol. The highest BCUT2D eigenvalue weighted by atomic mass is 35.5. The number of piperidine rings is 1. The molecule has 1 fully saturated rings. The summed E-state index contributed by atoms with van der Waals surface area (Å²) < 4.78 is 7.10. The minimum Gasteiger partial charge on any atom is -0.369 e. The highest BCUT2D eigenvalue weighted by Crippen LogP contribution is 2.47. The van der Waals surface area contributed by atoms with Gasteiger partial charge in [0, 0.05) is 17.0 Å². The molecule has 0 radical (unpaired) electrons. The maximum atomic E-state index is 6.20. The average Bonchev–Trinajstić information content (AvgIpc) is 2.58. The van der Waals surface area contributed by atoms with Crippen LogP contribution in [0.15, 0.2) is 6.07 Å². The summed E-state index contributed by atoms with van der Waals surface area (Å²) in [6.07, 6.45) is 3.12. The minimum absolute atomic E-state index is 0.0739. The third-order valence-electron chi connectivity index (χ3n) is 3.78. The quantitative estimate of drug-likeness (QED) is 0.782. The number of fused-ring (bicyclic) bond motifs is 2. The van der Waals surface area contributed by atoms with Crippen molar-refractivity contribution < 1.29 is 4.74 Å². The summed E-state index contributed by atoms with van der Waals surface area (Å²) >= 11 is 7.89. The second-order valence-corrected chi connectivity index (χ2v) is 7.06. The van der Waals surface area contributed by atoms with Gasteiger partial charge in [0.25, 0.3) is 0 Å². The first-order chi connectivity index (χ1) is 8.09. The highest BCUT2D eigenvalue weighted by Gasteiger charge is 2.44. The Morgan fingerprint density at radius 1 is 1.41 bits per heavy atom.